The molecule has 0 aliphatic heterocycles. The minimum Gasteiger partial charge on any atom is -0.465 e. The summed E-state index contributed by atoms with van der Waals surface area (Å²) >= 11 is 0. The Balaban J connectivity index is 4.97. The van der Waals surface area contributed by atoms with E-state index in [1.165, 1.54) is 20.8 Å². The fourth-order valence-corrected chi connectivity index (χ4v) is 1.52. The highest BCUT2D eigenvalue weighted by Crippen LogP contribution is 2.35. The summed E-state index contributed by atoms with van der Waals surface area (Å²) in [5, 5.41) is 0. The molecule has 0 spiro atoms. The van der Waals surface area contributed by atoms with Gasteiger partial charge in [-0.3, -0.25) is 4.79 Å². The van der Waals surface area contributed by atoms with E-state index in [1.54, 1.807) is 6.92 Å². The molecule has 0 radical (unpaired) electrons. The first-order valence-electron chi connectivity index (χ1n) is 5.50. The Labute approximate surface area is 99.5 Å². The molecule has 2 atom stereocenters. The van der Waals surface area contributed by atoms with E-state index < -0.39 is 29.5 Å². The van der Waals surface area contributed by atoms with Crippen LogP contribution in [0, 0.1) is 11.3 Å². The summed E-state index contributed by atoms with van der Waals surface area (Å²) in [6, 6.07) is -2.20. The maximum Gasteiger partial charge on any atom is 0.404 e. The number of ether oxygens (including phenoxy) is 1. The van der Waals surface area contributed by atoms with Gasteiger partial charge in [0.05, 0.1) is 12.5 Å². The normalized spacial score (nSPS) is 16.5. The van der Waals surface area contributed by atoms with Crippen LogP contribution in [0.3, 0.4) is 0 Å². The molecule has 0 aliphatic carbocycles. The van der Waals surface area contributed by atoms with E-state index in [-0.39, 0.29) is 6.61 Å². The van der Waals surface area contributed by atoms with Gasteiger partial charge in [-0.15, -0.1) is 0 Å². The first-order valence-corrected chi connectivity index (χ1v) is 5.50. The molecule has 102 valence electrons. The molecule has 0 heterocycles. The second kappa shape index (κ2) is 5.71. The van der Waals surface area contributed by atoms with E-state index in [4.69, 9.17) is 10.5 Å². The molecule has 0 aromatic carbocycles. The lowest BCUT2D eigenvalue weighted by molar-refractivity contribution is -0.184. The van der Waals surface area contributed by atoms with E-state index in [0.717, 1.165) is 0 Å². The maximum atomic E-state index is 12.6. The van der Waals surface area contributed by atoms with Gasteiger partial charge in [0.2, 0.25) is 0 Å². The Morgan fingerprint density at radius 1 is 1.29 bits per heavy atom. The van der Waals surface area contributed by atoms with Crippen LogP contribution in [0.25, 0.3) is 0 Å². The van der Waals surface area contributed by atoms with Gasteiger partial charge < -0.3 is 10.5 Å². The zero-order valence-corrected chi connectivity index (χ0v) is 10.6. The van der Waals surface area contributed by atoms with Crippen LogP contribution in [0.4, 0.5) is 13.2 Å². The molecule has 0 aliphatic rings. The molecular formula is C11H20F3NO2. The first kappa shape index (κ1) is 16.2. The lowest BCUT2D eigenvalue weighted by Crippen LogP contribution is -2.52. The third kappa shape index (κ3) is 4.93. The van der Waals surface area contributed by atoms with Crippen molar-refractivity contribution in [1.82, 2.24) is 0 Å². The smallest absolute Gasteiger partial charge is 0.404 e. The Morgan fingerprint density at radius 3 is 2.06 bits per heavy atom. The minimum absolute atomic E-state index is 0.107. The highest BCUT2D eigenvalue weighted by molar-refractivity contribution is 5.74. The van der Waals surface area contributed by atoms with Crippen molar-refractivity contribution in [3.05, 3.63) is 0 Å². The van der Waals surface area contributed by atoms with Gasteiger partial charge in [-0.2, -0.15) is 13.2 Å². The molecule has 0 aromatic heterocycles. The monoisotopic (exact) mass is 255 g/mol. The number of rotatable bonds is 4. The van der Waals surface area contributed by atoms with Crippen molar-refractivity contribution in [2.24, 2.45) is 17.1 Å². The highest BCUT2D eigenvalue weighted by Gasteiger charge is 2.50. The fourth-order valence-electron chi connectivity index (χ4n) is 1.52. The van der Waals surface area contributed by atoms with Gasteiger partial charge in [-0.1, -0.05) is 27.7 Å². The maximum absolute atomic E-state index is 12.6. The lowest BCUT2D eigenvalue weighted by Gasteiger charge is -2.34. The summed E-state index contributed by atoms with van der Waals surface area (Å²) in [5.41, 5.74) is 4.22. The van der Waals surface area contributed by atoms with E-state index in [2.05, 4.69) is 0 Å². The highest BCUT2D eigenvalue weighted by atomic mass is 19.4. The second-order valence-electron chi connectivity index (χ2n) is 5.08. The summed E-state index contributed by atoms with van der Waals surface area (Å²) in [6.07, 6.45) is -4.05. The number of alkyl halides is 3. The number of carbonyl (C=O) groups is 1. The molecule has 0 saturated carbocycles. The van der Waals surface area contributed by atoms with E-state index in [9.17, 15) is 18.0 Å². The molecule has 0 amide bonds. The molecule has 0 bridgehead atoms. The molecule has 6 heteroatoms. The summed E-state index contributed by atoms with van der Waals surface area (Å²) in [4.78, 5) is 11.6. The topological polar surface area (TPSA) is 52.3 Å². The third-order valence-electron chi connectivity index (χ3n) is 2.37. The van der Waals surface area contributed by atoms with Gasteiger partial charge in [0.1, 0.15) is 6.04 Å². The van der Waals surface area contributed by atoms with Crippen LogP contribution >= 0.6 is 0 Å². The van der Waals surface area contributed by atoms with Crippen LogP contribution in [0.15, 0.2) is 0 Å². The van der Waals surface area contributed by atoms with Crippen LogP contribution in [0.5, 0.6) is 0 Å². The summed E-state index contributed by atoms with van der Waals surface area (Å²) < 4.78 is 42.5. The van der Waals surface area contributed by atoms with Gasteiger partial charge in [-0.25, -0.2) is 0 Å². The Bertz CT molecular complexity index is 258. The number of halogens is 3. The van der Waals surface area contributed by atoms with Gasteiger partial charge >= 0.3 is 12.1 Å². The molecular weight excluding hydrogens is 235 g/mol. The fraction of sp³-hybridized carbons (Fsp3) is 0.909. The predicted molar refractivity (Wildman–Crippen MR) is 58.2 cm³/mol. The van der Waals surface area contributed by atoms with Crippen molar-refractivity contribution in [1.29, 1.82) is 0 Å². The molecule has 17 heavy (non-hydrogen) atoms. The number of esters is 1. The zero-order valence-electron chi connectivity index (χ0n) is 10.6. The Hall–Kier alpha value is -0.780. The second-order valence-corrected chi connectivity index (χ2v) is 5.08. The van der Waals surface area contributed by atoms with Crippen molar-refractivity contribution in [3.8, 4) is 0 Å². The van der Waals surface area contributed by atoms with E-state index >= 15 is 0 Å². The summed E-state index contributed by atoms with van der Waals surface area (Å²) in [7, 11) is 0. The van der Waals surface area contributed by atoms with Gasteiger partial charge in [0, 0.05) is 0 Å². The van der Waals surface area contributed by atoms with Crippen molar-refractivity contribution in [3.63, 3.8) is 0 Å². The van der Waals surface area contributed by atoms with Crippen LogP contribution in [-0.2, 0) is 9.53 Å². The van der Waals surface area contributed by atoms with Gasteiger partial charge in [0.25, 0.3) is 0 Å². The van der Waals surface area contributed by atoms with Crippen molar-refractivity contribution < 1.29 is 22.7 Å². The largest absolute Gasteiger partial charge is 0.465 e. The first-order chi connectivity index (χ1) is 7.51. The quantitative estimate of drug-likeness (QED) is 0.785. The van der Waals surface area contributed by atoms with Crippen molar-refractivity contribution >= 4 is 5.97 Å². The minimum atomic E-state index is -4.61. The zero-order chi connectivity index (χ0) is 13.9. The molecule has 0 saturated heterocycles. The molecule has 0 rings (SSSR count). The van der Waals surface area contributed by atoms with Crippen LogP contribution in [0.2, 0.25) is 0 Å². The lowest BCUT2D eigenvalue weighted by atomic mass is 9.76. The standard InChI is InChI=1S/C11H20F3NO2/c1-5-6-17-9(16)7(10(2,3)4)8(15)11(12,13)14/h7-8H,5-6,15H2,1-4H3/t7-,8-/m1/s1. The van der Waals surface area contributed by atoms with Gasteiger partial charge in [-0.05, 0) is 11.8 Å². The number of carbonyl (C=O) groups excluding carboxylic acids is 1. The van der Waals surface area contributed by atoms with Crippen LogP contribution < -0.4 is 5.73 Å². The van der Waals surface area contributed by atoms with Crippen LogP contribution in [-0.4, -0.2) is 24.8 Å². The Kier molecular flexibility index (Phi) is 5.45. The molecule has 0 unspecified atom stereocenters. The average Bonchev–Trinajstić information content (AvgIpc) is 2.11. The summed E-state index contributed by atoms with van der Waals surface area (Å²) in [5.74, 6) is -2.28. The predicted octanol–water partition coefficient (Wildman–Crippen LogP) is 2.49. The van der Waals surface area contributed by atoms with Gasteiger partial charge in [0.15, 0.2) is 0 Å². The van der Waals surface area contributed by atoms with E-state index in [0.29, 0.717) is 6.42 Å². The number of hydrogen-bond donors (Lipinski definition) is 1. The number of nitrogens with two attached hydrogens (primary N) is 1. The number of hydrogen-bond acceptors (Lipinski definition) is 3. The molecule has 0 fully saturated rings. The summed E-state index contributed by atoms with van der Waals surface area (Å²) in [6.45, 7) is 6.49. The SMILES string of the molecule is CCCOC(=O)[C@@H]([C@@H](N)C(F)(F)F)C(C)(C)C. The molecule has 3 nitrogen and oxygen atoms in total. The third-order valence-corrected chi connectivity index (χ3v) is 2.37. The Morgan fingerprint density at radius 2 is 1.76 bits per heavy atom. The van der Waals surface area contributed by atoms with Crippen molar-refractivity contribution in [2.75, 3.05) is 6.61 Å². The van der Waals surface area contributed by atoms with Crippen molar-refractivity contribution in [2.45, 2.75) is 46.3 Å². The average molecular weight is 255 g/mol. The van der Waals surface area contributed by atoms with E-state index in [1.807, 2.05) is 0 Å². The molecule has 0 aromatic rings. The van der Waals surface area contributed by atoms with Crippen LogP contribution in [0.1, 0.15) is 34.1 Å². The molecule has 2 N–H and O–H groups in total.